The summed E-state index contributed by atoms with van der Waals surface area (Å²) in [6.07, 6.45) is -4.37. The first-order valence-corrected chi connectivity index (χ1v) is 5.70. The van der Waals surface area contributed by atoms with Gasteiger partial charge in [-0.3, -0.25) is 0 Å². The van der Waals surface area contributed by atoms with Crippen LogP contribution in [0.1, 0.15) is 25.0 Å². The van der Waals surface area contributed by atoms with Gasteiger partial charge in [0, 0.05) is 10.1 Å². The van der Waals surface area contributed by atoms with Gasteiger partial charge in [-0.1, -0.05) is 19.9 Å². The molecule has 1 rings (SSSR count). The van der Waals surface area contributed by atoms with Crippen molar-refractivity contribution < 1.29 is 18.3 Å². The summed E-state index contributed by atoms with van der Waals surface area (Å²) in [6, 6.07) is 3.93. The summed E-state index contributed by atoms with van der Waals surface area (Å²) < 4.78 is 38.2. The Morgan fingerprint density at radius 1 is 1.31 bits per heavy atom. The third-order valence-electron chi connectivity index (χ3n) is 1.89. The highest BCUT2D eigenvalue weighted by molar-refractivity contribution is 8.00. The van der Waals surface area contributed by atoms with Crippen LogP contribution in [0.15, 0.2) is 23.1 Å². The average molecular weight is 250 g/mol. The highest BCUT2D eigenvalue weighted by Gasteiger charge is 2.33. The van der Waals surface area contributed by atoms with E-state index in [4.69, 9.17) is 5.11 Å². The highest BCUT2D eigenvalue weighted by atomic mass is 32.2. The SMILES string of the molecule is CC(C)Sc1ccc(CO)cc1C(F)(F)F. The van der Waals surface area contributed by atoms with Crippen molar-refractivity contribution in [3.8, 4) is 0 Å². The number of aliphatic hydroxyl groups is 1. The zero-order valence-electron chi connectivity index (χ0n) is 9.01. The molecule has 90 valence electrons. The van der Waals surface area contributed by atoms with Crippen molar-refractivity contribution in [2.45, 2.75) is 36.8 Å². The van der Waals surface area contributed by atoms with E-state index in [1.807, 2.05) is 13.8 Å². The molecule has 0 bridgehead atoms. The lowest BCUT2D eigenvalue weighted by Gasteiger charge is -2.15. The third kappa shape index (κ3) is 3.42. The minimum atomic E-state index is -4.37. The standard InChI is InChI=1S/C11H13F3OS/c1-7(2)16-10-4-3-8(6-15)5-9(10)11(12,13)14/h3-5,7,15H,6H2,1-2H3. The van der Waals surface area contributed by atoms with Gasteiger partial charge >= 0.3 is 6.18 Å². The van der Waals surface area contributed by atoms with Crippen LogP contribution in [0.5, 0.6) is 0 Å². The largest absolute Gasteiger partial charge is 0.417 e. The van der Waals surface area contributed by atoms with Crippen LogP contribution in [0.25, 0.3) is 0 Å². The molecule has 0 amide bonds. The summed E-state index contributed by atoms with van der Waals surface area (Å²) in [6.45, 7) is 3.30. The molecular formula is C11H13F3OS. The van der Waals surface area contributed by atoms with E-state index < -0.39 is 11.7 Å². The molecule has 1 aromatic rings. The number of aliphatic hydroxyl groups excluding tert-OH is 1. The maximum absolute atomic E-state index is 12.7. The van der Waals surface area contributed by atoms with Crippen LogP contribution in [-0.4, -0.2) is 10.4 Å². The number of hydrogen-bond donors (Lipinski definition) is 1. The maximum Gasteiger partial charge on any atom is 0.417 e. The molecule has 0 radical (unpaired) electrons. The van der Waals surface area contributed by atoms with Crippen molar-refractivity contribution in [2.75, 3.05) is 0 Å². The van der Waals surface area contributed by atoms with Crippen LogP contribution in [-0.2, 0) is 12.8 Å². The molecule has 5 heteroatoms. The smallest absolute Gasteiger partial charge is 0.392 e. The van der Waals surface area contributed by atoms with Crippen LogP contribution in [0.2, 0.25) is 0 Å². The van der Waals surface area contributed by atoms with E-state index in [9.17, 15) is 13.2 Å². The van der Waals surface area contributed by atoms with Crippen LogP contribution in [0.4, 0.5) is 13.2 Å². The van der Waals surface area contributed by atoms with Crippen molar-refractivity contribution in [1.82, 2.24) is 0 Å². The summed E-state index contributed by atoms with van der Waals surface area (Å²) in [7, 11) is 0. The quantitative estimate of drug-likeness (QED) is 0.825. The number of benzene rings is 1. The number of thioether (sulfide) groups is 1. The lowest BCUT2D eigenvalue weighted by Crippen LogP contribution is -2.08. The molecule has 0 aliphatic rings. The Kier molecular flexibility index (Phi) is 4.27. The average Bonchev–Trinajstić information content (AvgIpc) is 2.15. The first kappa shape index (κ1) is 13.4. The fourth-order valence-corrected chi connectivity index (χ4v) is 2.21. The molecule has 0 aliphatic carbocycles. The Bertz CT molecular complexity index is 361. The van der Waals surface area contributed by atoms with Crippen molar-refractivity contribution >= 4 is 11.8 Å². The Balaban J connectivity index is 3.17. The van der Waals surface area contributed by atoms with Crippen molar-refractivity contribution in [1.29, 1.82) is 0 Å². The van der Waals surface area contributed by atoms with Crippen LogP contribution >= 0.6 is 11.8 Å². The van der Waals surface area contributed by atoms with Crippen molar-refractivity contribution in [2.24, 2.45) is 0 Å². The molecule has 0 atom stereocenters. The lowest BCUT2D eigenvalue weighted by atomic mass is 10.1. The van der Waals surface area contributed by atoms with E-state index >= 15 is 0 Å². The van der Waals surface area contributed by atoms with Gasteiger partial charge in [0.25, 0.3) is 0 Å². The van der Waals surface area contributed by atoms with Crippen LogP contribution in [0, 0.1) is 0 Å². The summed E-state index contributed by atoms with van der Waals surface area (Å²) in [4.78, 5) is 0.208. The molecule has 0 unspecified atom stereocenters. The van der Waals surface area contributed by atoms with E-state index in [2.05, 4.69) is 0 Å². The normalized spacial score (nSPS) is 12.2. The lowest BCUT2D eigenvalue weighted by molar-refractivity contribution is -0.139. The van der Waals surface area contributed by atoms with Crippen LogP contribution < -0.4 is 0 Å². The highest BCUT2D eigenvalue weighted by Crippen LogP contribution is 2.38. The second-order valence-corrected chi connectivity index (χ2v) is 5.27. The molecule has 0 saturated carbocycles. The summed E-state index contributed by atoms with van der Waals surface area (Å²) >= 11 is 1.17. The molecule has 0 fully saturated rings. The molecule has 0 aromatic heterocycles. The summed E-state index contributed by atoms with van der Waals surface area (Å²) in [5, 5.41) is 8.91. The van der Waals surface area contributed by atoms with E-state index in [0.29, 0.717) is 0 Å². The molecule has 0 heterocycles. The predicted molar refractivity (Wildman–Crippen MR) is 58.4 cm³/mol. The topological polar surface area (TPSA) is 20.2 Å². The third-order valence-corrected chi connectivity index (χ3v) is 2.98. The van der Waals surface area contributed by atoms with Gasteiger partial charge in [0.1, 0.15) is 0 Å². The summed E-state index contributed by atoms with van der Waals surface area (Å²) in [5.74, 6) is 0. The maximum atomic E-state index is 12.7. The van der Waals surface area contributed by atoms with E-state index in [1.54, 1.807) is 0 Å². The number of rotatable bonds is 3. The minimum absolute atomic E-state index is 0.0843. The first-order chi connectivity index (χ1) is 7.34. The molecule has 1 nitrogen and oxygen atoms in total. The monoisotopic (exact) mass is 250 g/mol. The van der Waals surface area contributed by atoms with Crippen molar-refractivity contribution in [3.63, 3.8) is 0 Å². The van der Waals surface area contributed by atoms with E-state index in [-0.39, 0.29) is 22.3 Å². The zero-order valence-corrected chi connectivity index (χ0v) is 9.82. The fourth-order valence-electron chi connectivity index (χ4n) is 1.25. The molecule has 1 N–H and O–H groups in total. The molecule has 1 aromatic carbocycles. The van der Waals surface area contributed by atoms with Gasteiger partial charge in [0.15, 0.2) is 0 Å². The Morgan fingerprint density at radius 2 is 1.94 bits per heavy atom. The van der Waals surface area contributed by atoms with Gasteiger partial charge in [-0.15, -0.1) is 11.8 Å². The second kappa shape index (κ2) is 5.10. The van der Waals surface area contributed by atoms with Gasteiger partial charge in [-0.25, -0.2) is 0 Å². The van der Waals surface area contributed by atoms with Gasteiger partial charge in [-0.05, 0) is 17.7 Å². The van der Waals surface area contributed by atoms with E-state index in [1.165, 1.54) is 23.9 Å². The van der Waals surface area contributed by atoms with Gasteiger partial charge in [0.05, 0.1) is 12.2 Å². The van der Waals surface area contributed by atoms with Gasteiger partial charge in [-0.2, -0.15) is 13.2 Å². The molecule has 0 saturated heterocycles. The first-order valence-electron chi connectivity index (χ1n) is 4.82. The Labute approximate surface area is 96.7 Å². The minimum Gasteiger partial charge on any atom is -0.392 e. The Hall–Kier alpha value is -0.680. The van der Waals surface area contributed by atoms with Gasteiger partial charge in [0.2, 0.25) is 0 Å². The Morgan fingerprint density at radius 3 is 2.38 bits per heavy atom. The van der Waals surface area contributed by atoms with Crippen LogP contribution in [0.3, 0.4) is 0 Å². The molecule has 0 aliphatic heterocycles. The van der Waals surface area contributed by atoms with Gasteiger partial charge < -0.3 is 5.11 Å². The predicted octanol–water partition coefficient (Wildman–Crippen LogP) is 3.70. The molecular weight excluding hydrogens is 237 g/mol. The summed E-state index contributed by atoms with van der Waals surface area (Å²) in [5.41, 5.74) is -0.391. The molecule has 16 heavy (non-hydrogen) atoms. The second-order valence-electron chi connectivity index (χ2n) is 3.65. The number of alkyl halides is 3. The van der Waals surface area contributed by atoms with Crippen molar-refractivity contribution in [3.05, 3.63) is 29.3 Å². The number of hydrogen-bond acceptors (Lipinski definition) is 2. The molecule has 0 spiro atoms. The fraction of sp³-hybridized carbons (Fsp3) is 0.455. The zero-order chi connectivity index (χ0) is 12.3. The number of halogens is 3. The van der Waals surface area contributed by atoms with E-state index in [0.717, 1.165) is 6.07 Å².